The van der Waals surface area contributed by atoms with E-state index >= 15 is 0 Å². The predicted octanol–water partition coefficient (Wildman–Crippen LogP) is 3.56. The first-order valence-corrected chi connectivity index (χ1v) is 8.54. The molecular formula is C18H16N2O3S. The molecule has 122 valence electrons. The molecule has 2 aromatic carbocycles. The lowest BCUT2D eigenvalue weighted by Gasteiger charge is -2.17. The Morgan fingerprint density at radius 3 is 2.62 bits per heavy atom. The number of fused-ring (bicyclic) bond motifs is 2. The minimum Gasteiger partial charge on any atom is -0.486 e. The standard InChI is InChI=1S/C18H16N2O3S/c1-11-2-4-12(5-3-11)8-17(21)20-18-19-13-9-14-15(10-16(13)24-18)23-7-6-22-14/h2-5,9-10H,6-8H2,1H3,(H,19,20,21). The number of aromatic nitrogens is 1. The van der Waals surface area contributed by atoms with Crippen molar-refractivity contribution in [2.75, 3.05) is 18.5 Å². The first kappa shape index (κ1) is 15.0. The van der Waals surface area contributed by atoms with Crippen molar-refractivity contribution in [1.82, 2.24) is 4.98 Å². The predicted molar refractivity (Wildman–Crippen MR) is 94.1 cm³/mol. The SMILES string of the molecule is Cc1ccc(CC(=O)Nc2nc3cc4c(cc3s2)OCCO4)cc1. The quantitative estimate of drug-likeness (QED) is 0.792. The Hall–Kier alpha value is -2.60. The fraction of sp³-hybridized carbons (Fsp3) is 0.222. The van der Waals surface area contributed by atoms with Crippen LogP contribution in [0, 0.1) is 6.92 Å². The average Bonchev–Trinajstić information content (AvgIpc) is 2.95. The van der Waals surface area contributed by atoms with E-state index in [4.69, 9.17) is 9.47 Å². The van der Waals surface area contributed by atoms with Gasteiger partial charge in [-0.15, -0.1) is 0 Å². The lowest BCUT2D eigenvalue weighted by Crippen LogP contribution is -2.15. The summed E-state index contributed by atoms with van der Waals surface area (Å²) in [4.78, 5) is 16.7. The van der Waals surface area contributed by atoms with Crippen molar-refractivity contribution in [3.8, 4) is 11.5 Å². The molecule has 0 aliphatic carbocycles. The minimum absolute atomic E-state index is 0.0739. The number of aryl methyl sites for hydroxylation is 1. The Morgan fingerprint density at radius 1 is 1.17 bits per heavy atom. The second kappa shape index (κ2) is 6.13. The number of carbonyl (C=O) groups excluding carboxylic acids is 1. The highest BCUT2D eigenvalue weighted by Crippen LogP contribution is 2.37. The maximum Gasteiger partial charge on any atom is 0.230 e. The largest absolute Gasteiger partial charge is 0.486 e. The van der Waals surface area contributed by atoms with Gasteiger partial charge in [0.2, 0.25) is 5.91 Å². The van der Waals surface area contributed by atoms with Crippen LogP contribution in [0.3, 0.4) is 0 Å². The lowest BCUT2D eigenvalue weighted by atomic mass is 10.1. The van der Waals surface area contributed by atoms with E-state index in [1.165, 1.54) is 16.9 Å². The van der Waals surface area contributed by atoms with Gasteiger partial charge in [0.25, 0.3) is 0 Å². The molecule has 0 saturated heterocycles. The van der Waals surface area contributed by atoms with Crippen LogP contribution in [0.4, 0.5) is 5.13 Å². The number of thiazole rings is 1. The number of ether oxygens (including phenoxy) is 2. The van der Waals surface area contributed by atoms with E-state index in [1.807, 2.05) is 43.3 Å². The van der Waals surface area contributed by atoms with Crippen molar-refractivity contribution in [3.63, 3.8) is 0 Å². The van der Waals surface area contributed by atoms with Crippen molar-refractivity contribution in [1.29, 1.82) is 0 Å². The molecule has 0 atom stereocenters. The number of anilines is 1. The van der Waals surface area contributed by atoms with Crippen molar-refractivity contribution in [2.45, 2.75) is 13.3 Å². The van der Waals surface area contributed by atoms with E-state index in [2.05, 4.69) is 10.3 Å². The van der Waals surface area contributed by atoms with Gasteiger partial charge in [-0.25, -0.2) is 4.98 Å². The van der Waals surface area contributed by atoms with Gasteiger partial charge in [-0.2, -0.15) is 0 Å². The van der Waals surface area contributed by atoms with Crippen LogP contribution in [0.2, 0.25) is 0 Å². The molecule has 0 bridgehead atoms. The van der Waals surface area contributed by atoms with Gasteiger partial charge in [-0.3, -0.25) is 4.79 Å². The van der Waals surface area contributed by atoms with Crippen molar-refractivity contribution in [3.05, 3.63) is 47.5 Å². The van der Waals surface area contributed by atoms with E-state index in [0.29, 0.717) is 30.5 Å². The summed E-state index contributed by atoms with van der Waals surface area (Å²) in [5.74, 6) is 1.36. The monoisotopic (exact) mass is 340 g/mol. The maximum atomic E-state index is 12.2. The van der Waals surface area contributed by atoms with Crippen LogP contribution in [-0.2, 0) is 11.2 Å². The zero-order valence-electron chi connectivity index (χ0n) is 13.2. The van der Waals surface area contributed by atoms with Gasteiger partial charge in [0.05, 0.1) is 16.6 Å². The van der Waals surface area contributed by atoms with Crippen LogP contribution in [0.15, 0.2) is 36.4 Å². The second-order valence-electron chi connectivity index (χ2n) is 5.69. The van der Waals surface area contributed by atoms with Crippen molar-refractivity contribution >= 4 is 32.6 Å². The number of hydrogen-bond acceptors (Lipinski definition) is 5. The van der Waals surface area contributed by atoms with Gasteiger partial charge >= 0.3 is 0 Å². The van der Waals surface area contributed by atoms with Gasteiger partial charge in [0.15, 0.2) is 16.6 Å². The van der Waals surface area contributed by atoms with Gasteiger partial charge in [0.1, 0.15) is 13.2 Å². The van der Waals surface area contributed by atoms with Gasteiger partial charge in [-0.1, -0.05) is 41.2 Å². The highest BCUT2D eigenvalue weighted by molar-refractivity contribution is 7.22. The lowest BCUT2D eigenvalue weighted by molar-refractivity contribution is -0.115. The number of amides is 1. The average molecular weight is 340 g/mol. The Bertz CT molecular complexity index is 860. The van der Waals surface area contributed by atoms with Crippen LogP contribution in [0.5, 0.6) is 11.5 Å². The highest BCUT2D eigenvalue weighted by atomic mass is 32.1. The van der Waals surface area contributed by atoms with Crippen molar-refractivity contribution in [2.24, 2.45) is 0 Å². The number of hydrogen-bond donors (Lipinski definition) is 1. The molecule has 3 aromatic rings. The zero-order chi connectivity index (χ0) is 16.5. The van der Waals surface area contributed by atoms with Crippen LogP contribution >= 0.6 is 11.3 Å². The highest BCUT2D eigenvalue weighted by Gasteiger charge is 2.16. The van der Waals surface area contributed by atoms with Gasteiger partial charge in [0, 0.05) is 12.1 Å². The molecule has 1 amide bonds. The summed E-state index contributed by atoms with van der Waals surface area (Å²) in [5, 5.41) is 3.46. The molecule has 5 nitrogen and oxygen atoms in total. The molecular weight excluding hydrogens is 324 g/mol. The molecule has 1 aliphatic rings. The zero-order valence-corrected chi connectivity index (χ0v) is 14.0. The van der Waals surface area contributed by atoms with Gasteiger partial charge < -0.3 is 14.8 Å². The normalized spacial score (nSPS) is 13.0. The fourth-order valence-corrected chi connectivity index (χ4v) is 3.47. The number of carbonyl (C=O) groups is 1. The summed E-state index contributed by atoms with van der Waals surface area (Å²) < 4.78 is 12.1. The smallest absolute Gasteiger partial charge is 0.230 e. The first-order valence-electron chi connectivity index (χ1n) is 7.73. The summed E-state index contributed by atoms with van der Waals surface area (Å²) in [5.41, 5.74) is 2.96. The van der Waals surface area contributed by atoms with Crippen LogP contribution in [0.1, 0.15) is 11.1 Å². The molecule has 0 radical (unpaired) electrons. The Balaban J connectivity index is 1.51. The molecule has 24 heavy (non-hydrogen) atoms. The number of nitrogens with one attached hydrogen (secondary N) is 1. The number of rotatable bonds is 3. The fourth-order valence-electron chi connectivity index (χ4n) is 2.57. The summed E-state index contributed by atoms with van der Waals surface area (Å²) in [6.45, 7) is 3.12. The van der Waals surface area contributed by atoms with E-state index < -0.39 is 0 Å². The Kier molecular flexibility index (Phi) is 3.82. The minimum atomic E-state index is -0.0739. The number of nitrogens with zero attached hydrogens (tertiary/aromatic N) is 1. The molecule has 1 aliphatic heterocycles. The van der Waals surface area contributed by atoms with Crippen molar-refractivity contribution < 1.29 is 14.3 Å². The Labute approximate surface area is 143 Å². The van der Waals surface area contributed by atoms with Crippen LogP contribution in [-0.4, -0.2) is 24.1 Å². The second-order valence-corrected chi connectivity index (χ2v) is 6.72. The molecule has 6 heteroatoms. The van der Waals surface area contributed by atoms with E-state index in [1.54, 1.807) is 0 Å². The molecule has 1 N–H and O–H groups in total. The third kappa shape index (κ3) is 3.05. The molecule has 0 unspecified atom stereocenters. The molecule has 2 heterocycles. The van der Waals surface area contributed by atoms with Crippen LogP contribution < -0.4 is 14.8 Å². The van der Waals surface area contributed by atoms with Crippen LogP contribution in [0.25, 0.3) is 10.2 Å². The number of benzene rings is 2. The van der Waals surface area contributed by atoms with E-state index in [-0.39, 0.29) is 5.91 Å². The van der Waals surface area contributed by atoms with E-state index in [9.17, 15) is 4.79 Å². The summed E-state index contributed by atoms with van der Waals surface area (Å²) in [6.07, 6.45) is 0.332. The Morgan fingerprint density at radius 2 is 1.88 bits per heavy atom. The summed E-state index contributed by atoms with van der Waals surface area (Å²) >= 11 is 1.43. The molecule has 0 spiro atoms. The topological polar surface area (TPSA) is 60.5 Å². The van der Waals surface area contributed by atoms with Gasteiger partial charge in [-0.05, 0) is 12.5 Å². The third-order valence-electron chi connectivity index (χ3n) is 3.78. The third-order valence-corrected chi connectivity index (χ3v) is 4.72. The summed E-state index contributed by atoms with van der Waals surface area (Å²) in [7, 11) is 0. The molecule has 1 aromatic heterocycles. The maximum absolute atomic E-state index is 12.2. The summed E-state index contributed by atoms with van der Waals surface area (Å²) in [6, 6.07) is 11.7. The molecule has 0 saturated carbocycles. The first-order chi connectivity index (χ1) is 11.7. The van der Waals surface area contributed by atoms with E-state index in [0.717, 1.165) is 21.5 Å². The molecule has 4 rings (SSSR count). The molecule has 0 fully saturated rings.